The summed E-state index contributed by atoms with van der Waals surface area (Å²) in [5, 5.41) is 0.872. The molecule has 0 radical (unpaired) electrons. The molecule has 0 saturated heterocycles. The van der Waals surface area contributed by atoms with Crippen molar-refractivity contribution in [3.8, 4) is 28.6 Å². The molecular weight excluding hydrogens is 432 g/mol. The first-order valence-corrected chi connectivity index (χ1v) is 10.1. The second kappa shape index (κ2) is 9.16. The first-order chi connectivity index (χ1) is 15.4. The molecule has 7 heteroatoms. The number of fused-ring (bicyclic) bond motifs is 1. The number of ether oxygens (including phenoxy) is 3. The maximum Gasteiger partial charge on any atom is 0.349 e. The molecular formula is C25H19ClO6. The van der Waals surface area contributed by atoms with Crippen molar-refractivity contribution >= 4 is 28.5 Å². The van der Waals surface area contributed by atoms with Crippen molar-refractivity contribution in [2.45, 2.75) is 6.92 Å². The van der Waals surface area contributed by atoms with Crippen LogP contribution in [0.5, 0.6) is 17.2 Å². The van der Waals surface area contributed by atoms with E-state index < -0.39 is 18.0 Å². The fraction of sp³-hybridized carbons (Fsp3) is 0.120. The number of carbonyl (C=O) groups excluding carboxylic acids is 1. The number of benzene rings is 3. The third-order valence-electron chi connectivity index (χ3n) is 4.74. The van der Waals surface area contributed by atoms with E-state index in [-0.39, 0.29) is 11.5 Å². The number of esters is 1. The Bertz CT molecular complexity index is 1320. The lowest BCUT2D eigenvalue weighted by Crippen LogP contribution is -2.21. The van der Waals surface area contributed by atoms with E-state index in [2.05, 4.69) is 0 Å². The van der Waals surface area contributed by atoms with Gasteiger partial charge in [0.1, 0.15) is 17.1 Å². The normalized spacial score (nSPS) is 10.7. The molecule has 32 heavy (non-hydrogen) atoms. The van der Waals surface area contributed by atoms with Crippen LogP contribution in [0.4, 0.5) is 0 Å². The van der Waals surface area contributed by atoms with E-state index in [1.165, 1.54) is 0 Å². The van der Waals surface area contributed by atoms with Gasteiger partial charge < -0.3 is 18.6 Å². The summed E-state index contributed by atoms with van der Waals surface area (Å²) in [6.45, 7) is 1.47. The number of aryl methyl sites for hydroxylation is 1. The summed E-state index contributed by atoms with van der Waals surface area (Å²) in [5.41, 5.74) is 1.39. The van der Waals surface area contributed by atoms with E-state index >= 15 is 0 Å². The van der Waals surface area contributed by atoms with Gasteiger partial charge in [0.2, 0.25) is 11.2 Å². The van der Waals surface area contributed by atoms with Crippen LogP contribution in [0, 0.1) is 6.92 Å². The summed E-state index contributed by atoms with van der Waals surface area (Å²) >= 11 is 5.85. The molecule has 4 rings (SSSR count). The molecule has 0 atom stereocenters. The van der Waals surface area contributed by atoms with Crippen LogP contribution in [0.2, 0.25) is 5.02 Å². The number of hydrogen-bond donors (Lipinski definition) is 0. The Morgan fingerprint density at radius 2 is 1.66 bits per heavy atom. The summed E-state index contributed by atoms with van der Waals surface area (Å²) < 4.78 is 22.1. The number of methoxy groups -OCH3 is 1. The van der Waals surface area contributed by atoms with E-state index in [4.69, 9.17) is 30.2 Å². The fourth-order valence-corrected chi connectivity index (χ4v) is 3.26. The minimum absolute atomic E-state index is 0.147. The van der Waals surface area contributed by atoms with Crippen LogP contribution in [0.15, 0.2) is 75.9 Å². The highest BCUT2D eigenvalue weighted by molar-refractivity contribution is 6.30. The van der Waals surface area contributed by atoms with Gasteiger partial charge in [0.15, 0.2) is 12.4 Å². The third kappa shape index (κ3) is 4.60. The molecule has 0 aliphatic heterocycles. The van der Waals surface area contributed by atoms with Crippen LogP contribution in [0.25, 0.3) is 22.3 Å². The van der Waals surface area contributed by atoms with Gasteiger partial charge in [0.25, 0.3) is 0 Å². The Morgan fingerprint density at radius 1 is 0.969 bits per heavy atom. The van der Waals surface area contributed by atoms with E-state index in [0.29, 0.717) is 33.1 Å². The van der Waals surface area contributed by atoms with Crippen LogP contribution in [-0.4, -0.2) is 19.7 Å². The summed E-state index contributed by atoms with van der Waals surface area (Å²) in [7, 11) is 1.56. The average Bonchev–Trinajstić information content (AvgIpc) is 2.81. The maximum absolute atomic E-state index is 13.2. The number of carbonyl (C=O) groups is 1. The predicted molar refractivity (Wildman–Crippen MR) is 122 cm³/mol. The Balaban J connectivity index is 1.70. The molecule has 4 aromatic rings. The Labute approximate surface area is 188 Å². The van der Waals surface area contributed by atoms with Gasteiger partial charge in [-0.25, -0.2) is 4.79 Å². The highest BCUT2D eigenvalue weighted by Gasteiger charge is 2.21. The van der Waals surface area contributed by atoms with Gasteiger partial charge >= 0.3 is 5.97 Å². The Morgan fingerprint density at radius 3 is 2.34 bits per heavy atom. The largest absolute Gasteiger partial charge is 0.497 e. The van der Waals surface area contributed by atoms with Crippen LogP contribution in [-0.2, 0) is 4.79 Å². The molecule has 162 valence electrons. The van der Waals surface area contributed by atoms with Crippen LogP contribution >= 0.6 is 11.6 Å². The number of rotatable bonds is 6. The van der Waals surface area contributed by atoms with Crippen LogP contribution in [0.3, 0.4) is 0 Å². The van der Waals surface area contributed by atoms with Crippen molar-refractivity contribution in [1.82, 2.24) is 0 Å². The van der Waals surface area contributed by atoms with Crippen molar-refractivity contribution in [2.24, 2.45) is 0 Å². The van der Waals surface area contributed by atoms with Crippen molar-refractivity contribution in [1.29, 1.82) is 0 Å². The minimum atomic E-state index is -0.742. The molecule has 1 heterocycles. The zero-order chi connectivity index (χ0) is 22.7. The highest BCUT2D eigenvalue weighted by Crippen LogP contribution is 2.32. The number of halogens is 1. The van der Waals surface area contributed by atoms with Gasteiger partial charge in [-0.15, -0.1) is 0 Å². The Kier molecular flexibility index (Phi) is 6.14. The highest BCUT2D eigenvalue weighted by atomic mass is 35.5. The molecule has 0 bridgehead atoms. The second-order valence-corrected chi connectivity index (χ2v) is 7.47. The minimum Gasteiger partial charge on any atom is -0.497 e. The zero-order valence-corrected chi connectivity index (χ0v) is 18.1. The van der Waals surface area contributed by atoms with Gasteiger partial charge in [0, 0.05) is 10.6 Å². The predicted octanol–water partition coefficient (Wildman–Crippen LogP) is 5.41. The van der Waals surface area contributed by atoms with E-state index in [1.807, 2.05) is 13.0 Å². The summed E-state index contributed by atoms with van der Waals surface area (Å²) in [4.78, 5) is 25.7. The average molecular weight is 451 g/mol. The van der Waals surface area contributed by atoms with Gasteiger partial charge in [0.05, 0.1) is 12.5 Å². The van der Waals surface area contributed by atoms with E-state index in [1.54, 1.807) is 67.8 Å². The lowest BCUT2D eigenvalue weighted by molar-refractivity contribution is -0.136. The summed E-state index contributed by atoms with van der Waals surface area (Å²) in [5.74, 6) is 0.297. The molecule has 0 unspecified atom stereocenters. The zero-order valence-electron chi connectivity index (χ0n) is 17.4. The molecule has 0 aliphatic rings. The van der Waals surface area contributed by atoms with Crippen molar-refractivity contribution < 1.29 is 23.4 Å². The molecule has 6 nitrogen and oxygen atoms in total. The van der Waals surface area contributed by atoms with Gasteiger partial charge in [-0.3, -0.25) is 4.79 Å². The van der Waals surface area contributed by atoms with E-state index in [9.17, 15) is 9.59 Å². The van der Waals surface area contributed by atoms with Crippen LogP contribution < -0.4 is 19.6 Å². The van der Waals surface area contributed by atoms with Crippen molar-refractivity contribution in [3.05, 3.63) is 87.5 Å². The molecule has 0 aliphatic carbocycles. The quantitative estimate of drug-likeness (QED) is 0.365. The SMILES string of the molecule is COc1ccc(-c2oc3ccc(C)cc3c(=O)c2OC(=O)COc2ccc(Cl)cc2)cc1. The second-order valence-electron chi connectivity index (χ2n) is 7.03. The monoisotopic (exact) mass is 450 g/mol. The molecule has 1 aromatic heterocycles. The van der Waals surface area contributed by atoms with Crippen molar-refractivity contribution in [2.75, 3.05) is 13.7 Å². The van der Waals surface area contributed by atoms with Gasteiger partial charge in [-0.2, -0.15) is 0 Å². The summed E-state index contributed by atoms with van der Waals surface area (Å²) in [6, 6.07) is 18.7. The standard InChI is InChI=1S/C25H19ClO6/c1-15-3-12-21-20(13-15)23(28)25(24(31-21)16-4-8-18(29-2)9-5-16)32-22(27)14-30-19-10-6-17(26)7-11-19/h3-13H,14H2,1-2H3. The smallest absolute Gasteiger partial charge is 0.349 e. The van der Waals surface area contributed by atoms with Crippen molar-refractivity contribution in [3.63, 3.8) is 0 Å². The topological polar surface area (TPSA) is 75.0 Å². The molecule has 0 saturated carbocycles. The fourth-order valence-electron chi connectivity index (χ4n) is 3.13. The van der Waals surface area contributed by atoms with Gasteiger partial charge in [-0.1, -0.05) is 23.2 Å². The lowest BCUT2D eigenvalue weighted by Gasteiger charge is -2.12. The maximum atomic E-state index is 13.2. The lowest BCUT2D eigenvalue weighted by atomic mass is 10.1. The molecule has 0 fully saturated rings. The Hall–Kier alpha value is -3.77. The molecule has 3 aromatic carbocycles. The number of hydrogen-bond acceptors (Lipinski definition) is 6. The first kappa shape index (κ1) is 21.5. The molecule has 0 spiro atoms. The summed E-state index contributed by atoms with van der Waals surface area (Å²) in [6.07, 6.45) is 0. The van der Waals surface area contributed by atoms with E-state index in [0.717, 1.165) is 5.56 Å². The third-order valence-corrected chi connectivity index (χ3v) is 4.99. The first-order valence-electron chi connectivity index (χ1n) is 9.75. The van der Waals surface area contributed by atoms with Crippen LogP contribution in [0.1, 0.15) is 5.56 Å². The van der Waals surface area contributed by atoms with Gasteiger partial charge in [-0.05, 0) is 67.6 Å². The molecule has 0 N–H and O–H groups in total. The molecule has 0 amide bonds.